The topological polar surface area (TPSA) is 69.3 Å². The first kappa shape index (κ1) is 22.3. The van der Waals surface area contributed by atoms with Crippen LogP contribution >= 0.6 is 0 Å². The lowest BCUT2D eigenvalue weighted by atomic mass is 9.97. The van der Waals surface area contributed by atoms with Crippen molar-refractivity contribution in [3.05, 3.63) is 72.9 Å². The normalized spacial score (nSPS) is 14.0. The quantitative estimate of drug-likeness (QED) is 0.323. The predicted octanol–water partition coefficient (Wildman–Crippen LogP) is 5.97. The number of imidazole rings is 1. The van der Waals surface area contributed by atoms with Crippen molar-refractivity contribution < 1.29 is 9.13 Å². The zero-order valence-electron chi connectivity index (χ0n) is 20.3. The summed E-state index contributed by atoms with van der Waals surface area (Å²) in [7, 11) is 3.40. The summed E-state index contributed by atoms with van der Waals surface area (Å²) in [4.78, 5) is 9.44. The van der Waals surface area contributed by atoms with Gasteiger partial charge in [0, 0.05) is 48.4 Å². The van der Waals surface area contributed by atoms with E-state index in [0.29, 0.717) is 23.3 Å². The fourth-order valence-corrected chi connectivity index (χ4v) is 5.10. The lowest BCUT2D eigenvalue weighted by Gasteiger charge is -2.16. The molecule has 0 radical (unpaired) electrons. The molecule has 0 unspecified atom stereocenters. The van der Waals surface area contributed by atoms with E-state index in [0.717, 1.165) is 40.9 Å². The van der Waals surface area contributed by atoms with E-state index in [2.05, 4.69) is 10.3 Å². The molecule has 8 heteroatoms. The van der Waals surface area contributed by atoms with E-state index in [1.54, 1.807) is 24.4 Å². The van der Waals surface area contributed by atoms with E-state index in [1.807, 2.05) is 58.9 Å². The van der Waals surface area contributed by atoms with Gasteiger partial charge in [-0.15, -0.1) is 5.10 Å². The lowest BCUT2D eigenvalue weighted by molar-refractivity contribution is 0.387. The largest absolute Gasteiger partial charge is 0.494 e. The number of fused-ring (bicyclic) bond motifs is 1. The molecule has 1 fully saturated rings. The van der Waals surface area contributed by atoms with Gasteiger partial charge in [-0.1, -0.05) is 55.3 Å². The van der Waals surface area contributed by atoms with Gasteiger partial charge in [0.1, 0.15) is 5.52 Å². The molecule has 1 aliphatic carbocycles. The summed E-state index contributed by atoms with van der Waals surface area (Å²) < 4.78 is 24.6. The number of rotatable bonds is 6. The molecule has 0 amide bonds. The Morgan fingerprint density at radius 3 is 2.56 bits per heavy atom. The van der Waals surface area contributed by atoms with Crippen molar-refractivity contribution in [2.75, 3.05) is 12.4 Å². The SMILES string of the molecule is COc1cccc(-c2cn3nc(-c4nccn4C)nc(NC4CCCC4)c3c2-c2ccccc2)c1F. The molecule has 0 atom stereocenters. The minimum atomic E-state index is -0.407. The van der Waals surface area contributed by atoms with Gasteiger partial charge < -0.3 is 14.6 Å². The molecule has 1 aliphatic rings. The van der Waals surface area contributed by atoms with E-state index in [9.17, 15) is 0 Å². The number of nitrogens with zero attached hydrogens (tertiary/aromatic N) is 5. The summed E-state index contributed by atoms with van der Waals surface area (Å²) in [5.41, 5.74) is 3.81. The highest BCUT2D eigenvalue weighted by Crippen LogP contribution is 2.42. The van der Waals surface area contributed by atoms with Gasteiger partial charge in [0.05, 0.1) is 7.11 Å². The summed E-state index contributed by atoms with van der Waals surface area (Å²) in [5.74, 6) is 1.68. The molecule has 3 heterocycles. The van der Waals surface area contributed by atoms with Crippen LogP contribution in [0.4, 0.5) is 10.2 Å². The number of hydrogen-bond donors (Lipinski definition) is 1. The molecule has 1 N–H and O–H groups in total. The first-order valence-electron chi connectivity index (χ1n) is 12.2. The molecule has 7 nitrogen and oxygen atoms in total. The minimum absolute atomic E-state index is 0.200. The number of anilines is 1. The zero-order valence-corrected chi connectivity index (χ0v) is 20.3. The molecule has 3 aromatic heterocycles. The van der Waals surface area contributed by atoms with Crippen LogP contribution in [0.1, 0.15) is 25.7 Å². The Kier molecular flexibility index (Phi) is 5.64. The molecule has 182 valence electrons. The Labute approximate surface area is 208 Å². The van der Waals surface area contributed by atoms with Crippen molar-refractivity contribution in [2.45, 2.75) is 31.7 Å². The summed E-state index contributed by atoms with van der Waals surface area (Å²) in [6.45, 7) is 0. The number of hydrogen-bond acceptors (Lipinski definition) is 5. The second-order valence-electron chi connectivity index (χ2n) is 9.17. The third-order valence-corrected chi connectivity index (χ3v) is 6.88. The fraction of sp³-hybridized carbons (Fsp3) is 0.250. The van der Waals surface area contributed by atoms with Crippen molar-refractivity contribution in [2.24, 2.45) is 7.05 Å². The van der Waals surface area contributed by atoms with Crippen molar-refractivity contribution in [3.63, 3.8) is 0 Å². The molecule has 0 spiro atoms. The van der Waals surface area contributed by atoms with Crippen molar-refractivity contribution in [1.82, 2.24) is 24.1 Å². The Balaban J connectivity index is 1.67. The number of aryl methyl sites for hydroxylation is 1. The van der Waals surface area contributed by atoms with Gasteiger partial charge in [0.15, 0.2) is 23.2 Å². The highest BCUT2D eigenvalue weighted by Gasteiger charge is 2.25. The number of halogens is 1. The number of ether oxygens (including phenoxy) is 1. The molecular weight excluding hydrogens is 455 g/mol. The van der Waals surface area contributed by atoms with Crippen LogP contribution < -0.4 is 10.1 Å². The molecule has 0 bridgehead atoms. The van der Waals surface area contributed by atoms with Gasteiger partial charge in [0.25, 0.3) is 0 Å². The van der Waals surface area contributed by atoms with E-state index >= 15 is 4.39 Å². The van der Waals surface area contributed by atoms with Gasteiger partial charge in [-0.05, 0) is 24.5 Å². The summed E-state index contributed by atoms with van der Waals surface area (Å²) in [5, 5.41) is 8.54. The van der Waals surface area contributed by atoms with Crippen molar-refractivity contribution >= 4 is 11.3 Å². The number of aromatic nitrogens is 5. The first-order chi connectivity index (χ1) is 17.6. The molecule has 6 rings (SSSR count). The smallest absolute Gasteiger partial charge is 0.218 e. The van der Waals surface area contributed by atoms with Crippen LogP contribution in [-0.4, -0.2) is 37.3 Å². The van der Waals surface area contributed by atoms with Crippen LogP contribution in [0.15, 0.2) is 67.1 Å². The third-order valence-electron chi connectivity index (χ3n) is 6.88. The Hall–Kier alpha value is -4.20. The molecule has 0 aliphatic heterocycles. The lowest BCUT2D eigenvalue weighted by Crippen LogP contribution is -2.17. The van der Waals surface area contributed by atoms with Crippen LogP contribution in [0.3, 0.4) is 0 Å². The Bertz CT molecular complexity index is 1530. The monoisotopic (exact) mass is 482 g/mol. The maximum absolute atomic E-state index is 15.6. The van der Waals surface area contributed by atoms with E-state index < -0.39 is 5.82 Å². The second kappa shape index (κ2) is 9.11. The predicted molar refractivity (Wildman–Crippen MR) is 138 cm³/mol. The van der Waals surface area contributed by atoms with Gasteiger partial charge >= 0.3 is 0 Å². The van der Waals surface area contributed by atoms with Crippen molar-refractivity contribution in [1.29, 1.82) is 0 Å². The second-order valence-corrected chi connectivity index (χ2v) is 9.17. The van der Waals surface area contributed by atoms with E-state index in [1.165, 1.54) is 20.0 Å². The van der Waals surface area contributed by atoms with Gasteiger partial charge in [-0.3, -0.25) is 0 Å². The first-order valence-corrected chi connectivity index (χ1v) is 12.2. The molecule has 1 saturated carbocycles. The van der Waals surface area contributed by atoms with Crippen LogP contribution in [0.2, 0.25) is 0 Å². The Morgan fingerprint density at radius 2 is 1.83 bits per heavy atom. The summed E-state index contributed by atoms with van der Waals surface area (Å²) >= 11 is 0. The zero-order chi connectivity index (χ0) is 24.6. The fourth-order valence-electron chi connectivity index (χ4n) is 5.10. The average molecular weight is 483 g/mol. The molecule has 36 heavy (non-hydrogen) atoms. The average Bonchev–Trinajstić information content (AvgIpc) is 3.65. The van der Waals surface area contributed by atoms with Crippen LogP contribution in [0.5, 0.6) is 5.75 Å². The molecule has 2 aromatic carbocycles. The maximum atomic E-state index is 15.6. The van der Waals surface area contributed by atoms with Gasteiger partial charge in [-0.2, -0.15) is 0 Å². The van der Waals surface area contributed by atoms with Crippen LogP contribution in [0, 0.1) is 5.82 Å². The maximum Gasteiger partial charge on any atom is 0.218 e. The third kappa shape index (κ3) is 3.79. The van der Waals surface area contributed by atoms with Crippen LogP contribution in [-0.2, 0) is 7.05 Å². The van der Waals surface area contributed by atoms with Gasteiger partial charge in [-0.25, -0.2) is 18.9 Å². The molecule has 0 saturated heterocycles. The highest BCUT2D eigenvalue weighted by atomic mass is 19.1. The van der Waals surface area contributed by atoms with E-state index in [4.69, 9.17) is 14.8 Å². The number of methoxy groups -OCH3 is 1. The van der Waals surface area contributed by atoms with E-state index in [-0.39, 0.29) is 5.75 Å². The molecule has 5 aromatic rings. The van der Waals surface area contributed by atoms with Gasteiger partial charge in [0.2, 0.25) is 5.82 Å². The summed E-state index contributed by atoms with van der Waals surface area (Å²) in [6, 6.07) is 15.5. The van der Waals surface area contributed by atoms with Crippen LogP contribution in [0.25, 0.3) is 39.4 Å². The number of nitrogens with one attached hydrogen (secondary N) is 1. The highest BCUT2D eigenvalue weighted by molar-refractivity contribution is 5.99. The molecular formula is C28H27FN6O. The van der Waals surface area contributed by atoms with Crippen molar-refractivity contribution in [3.8, 4) is 39.7 Å². The minimum Gasteiger partial charge on any atom is -0.494 e. The summed E-state index contributed by atoms with van der Waals surface area (Å²) in [6.07, 6.45) is 10.0. The Morgan fingerprint density at radius 1 is 1.03 bits per heavy atom. The standard InChI is InChI=1S/C28H27FN6O/c1-34-16-15-30-28(34)27-32-26(31-19-11-6-7-12-19)25-23(18-9-4-3-5-10-18)21(17-35(25)33-27)20-13-8-14-22(36-2)24(20)29/h3-5,8-10,13-17,19H,6-7,11-12H2,1-2H3,(H,31,32,33). The number of benzene rings is 2.